The number of aliphatic imine (C=N–C) groups is 2. The number of hydrogen-bond acceptors (Lipinski definition) is 4. The number of nitrogens with zero attached hydrogens (tertiary/aromatic N) is 3. The van der Waals surface area contributed by atoms with Gasteiger partial charge in [0.2, 0.25) is 0 Å². The van der Waals surface area contributed by atoms with Crippen LogP contribution < -0.4 is 0 Å². The van der Waals surface area contributed by atoms with Gasteiger partial charge in [-0.15, -0.1) is 0 Å². The van der Waals surface area contributed by atoms with Crippen LogP contribution in [0.3, 0.4) is 0 Å². The van der Waals surface area contributed by atoms with Crippen LogP contribution in [0.15, 0.2) is 82.8 Å². The molecule has 3 aromatic rings. The Bertz CT molecular complexity index is 1090. The zero-order valence-corrected chi connectivity index (χ0v) is 14.6. The van der Waals surface area contributed by atoms with Crippen LogP contribution in [0.5, 0.6) is 0 Å². The van der Waals surface area contributed by atoms with Gasteiger partial charge in [0.15, 0.2) is 0 Å². The zero-order valence-electron chi connectivity index (χ0n) is 14.6. The summed E-state index contributed by atoms with van der Waals surface area (Å²) >= 11 is 0. The van der Waals surface area contributed by atoms with E-state index < -0.39 is 4.92 Å². The van der Waals surface area contributed by atoms with Gasteiger partial charge in [-0.25, -0.2) is 0 Å². The summed E-state index contributed by atoms with van der Waals surface area (Å²) in [5.74, 6) is 6.26. The molecular weight excluding hydrogens is 338 g/mol. The van der Waals surface area contributed by atoms with Crippen LogP contribution in [0.2, 0.25) is 0 Å². The summed E-state index contributed by atoms with van der Waals surface area (Å²) in [6.45, 7) is 1.99. The van der Waals surface area contributed by atoms with Crippen molar-refractivity contribution < 1.29 is 4.92 Å². The van der Waals surface area contributed by atoms with E-state index in [4.69, 9.17) is 0 Å². The van der Waals surface area contributed by atoms with Gasteiger partial charge in [-0.3, -0.25) is 10.1 Å². The van der Waals surface area contributed by atoms with E-state index in [1.165, 1.54) is 12.1 Å². The summed E-state index contributed by atoms with van der Waals surface area (Å²) in [6.07, 6.45) is 0. The van der Waals surface area contributed by atoms with Gasteiger partial charge >= 0.3 is 0 Å². The Balaban J connectivity index is 1.87. The fourth-order valence-electron chi connectivity index (χ4n) is 2.29. The number of non-ortho nitro benzene ring substituents is 1. The molecule has 0 heterocycles. The molecular formula is C22H15N3O2. The SMILES string of the molecule is Cc1ccc(N=C=Nc2ccc([N+](=O)[O-])cc2)c(C#Cc2ccccc2)c1. The predicted molar refractivity (Wildman–Crippen MR) is 106 cm³/mol. The van der Waals surface area contributed by atoms with Crippen LogP contribution in [0.25, 0.3) is 0 Å². The highest BCUT2D eigenvalue weighted by atomic mass is 16.6. The molecule has 0 N–H and O–H groups in total. The van der Waals surface area contributed by atoms with Crippen LogP contribution in [0, 0.1) is 28.9 Å². The third kappa shape index (κ3) is 4.99. The minimum absolute atomic E-state index is 0.0166. The molecule has 0 bridgehead atoms. The maximum absolute atomic E-state index is 10.7. The van der Waals surface area contributed by atoms with Crippen LogP contribution in [0.1, 0.15) is 16.7 Å². The molecule has 27 heavy (non-hydrogen) atoms. The van der Waals surface area contributed by atoms with Gasteiger partial charge in [-0.05, 0) is 48.9 Å². The molecule has 3 rings (SSSR count). The number of benzene rings is 3. The number of hydrogen-bond donors (Lipinski definition) is 0. The Kier molecular flexibility index (Phi) is 5.54. The largest absolute Gasteiger partial charge is 0.269 e. The first-order chi connectivity index (χ1) is 13.1. The van der Waals surface area contributed by atoms with Crippen molar-refractivity contribution in [3.63, 3.8) is 0 Å². The lowest BCUT2D eigenvalue weighted by Gasteiger charge is -1.98. The fourth-order valence-corrected chi connectivity index (χ4v) is 2.29. The topological polar surface area (TPSA) is 67.9 Å². The van der Waals surface area contributed by atoms with E-state index in [1.54, 1.807) is 12.1 Å². The van der Waals surface area contributed by atoms with Crippen molar-refractivity contribution in [2.75, 3.05) is 0 Å². The van der Waals surface area contributed by atoms with Gasteiger partial charge in [0.05, 0.1) is 21.9 Å². The third-order valence-corrected chi connectivity index (χ3v) is 3.68. The highest BCUT2D eigenvalue weighted by Gasteiger charge is 2.02. The lowest BCUT2D eigenvalue weighted by atomic mass is 10.1. The highest BCUT2D eigenvalue weighted by molar-refractivity contribution is 5.64. The summed E-state index contributed by atoms with van der Waals surface area (Å²) < 4.78 is 0. The maximum atomic E-state index is 10.7. The van der Waals surface area contributed by atoms with E-state index in [0.717, 1.165) is 16.7 Å². The van der Waals surface area contributed by atoms with E-state index in [9.17, 15) is 10.1 Å². The molecule has 0 saturated carbocycles. The molecule has 0 fully saturated rings. The van der Waals surface area contributed by atoms with Crippen LogP contribution in [-0.2, 0) is 0 Å². The van der Waals surface area contributed by atoms with Gasteiger partial charge in [-0.2, -0.15) is 9.98 Å². The molecule has 0 aromatic heterocycles. The molecule has 0 spiro atoms. The predicted octanol–water partition coefficient (Wildman–Crippen LogP) is 5.44. The first-order valence-electron chi connectivity index (χ1n) is 8.20. The summed E-state index contributed by atoms with van der Waals surface area (Å²) in [5, 5.41) is 10.7. The first-order valence-corrected chi connectivity index (χ1v) is 8.20. The third-order valence-electron chi connectivity index (χ3n) is 3.68. The van der Waals surface area contributed by atoms with Gasteiger partial charge in [0.25, 0.3) is 5.69 Å². The monoisotopic (exact) mass is 353 g/mol. The van der Waals surface area contributed by atoms with Gasteiger partial charge in [-0.1, -0.05) is 36.1 Å². The second-order valence-corrected chi connectivity index (χ2v) is 5.73. The normalized spacial score (nSPS) is 9.52. The Morgan fingerprint density at radius 1 is 0.889 bits per heavy atom. The van der Waals surface area contributed by atoms with Crippen molar-refractivity contribution in [1.82, 2.24) is 0 Å². The Morgan fingerprint density at radius 2 is 1.63 bits per heavy atom. The Labute approximate surface area is 156 Å². The lowest BCUT2D eigenvalue weighted by molar-refractivity contribution is -0.384. The number of nitro benzene ring substituents is 1. The molecule has 0 amide bonds. The maximum Gasteiger partial charge on any atom is 0.269 e. The molecule has 0 atom stereocenters. The Morgan fingerprint density at radius 3 is 2.33 bits per heavy atom. The van der Waals surface area contributed by atoms with E-state index in [0.29, 0.717) is 11.4 Å². The lowest BCUT2D eigenvalue weighted by Crippen LogP contribution is -1.85. The zero-order chi connectivity index (χ0) is 19.1. The van der Waals surface area contributed by atoms with E-state index in [-0.39, 0.29) is 5.69 Å². The van der Waals surface area contributed by atoms with Crippen molar-refractivity contribution in [3.05, 3.63) is 99.6 Å². The molecule has 0 radical (unpaired) electrons. The van der Waals surface area contributed by atoms with Crippen LogP contribution in [-0.4, -0.2) is 10.9 Å². The molecule has 5 nitrogen and oxygen atoms in total. The molecule has 5 heteroatoms. The van der Waals surface area contributed by atoms with E-state index in [2.05, 4.69) is 27.8 Å². The van der Waals surface area contributed by atoms with Crippen LogP contribution in [0.4, 0.5) is 17.1 Å². The van der Waals surface area contributed by atoms with Crippen LogP contribution >= 0.6 is 0 Å². The van der Waals surface area contributed by atoms with Gasteiger partial charge in [0, 0.05) is 17.7 Å². The summed E-state index contributed by atoms with van der Waals surface area (Å²) in [7, 11) is 0. The summed E-state index contributed by atoms with van der Waals surface area (Å²) in [5.41, 5.74) is 4.00. The van der Waals surface area contributed by atoms with Crippen molar-refractivity contribution in [2.45, 2.75) is 6.92 Å². The molecule has 3 aromatic carbocycles. The van der Waals surface area contributed by atoms with Crippen molar-refractivity contribution in [1.29, 1.82) is 0 Å². The first kappa shape index (κ1) is 17.8. The molecule has 0 aliphatic heterocycles. The average Bonchev–Trinajstić information content (AvgIpc) is 2.69. The van der Waals surface area contributed by atoms with E-state index >= 15 is 0 Å². The van der Waals surface area contributed by atoms with Gasteiger partial charge in [0.1, 0.15) is 6.01 Å². The number of nitro groups is 1. The van der Waals surface area contributed by atoms with Gasteiger partial charge < -0.3 is 0 Å². The molecule has 130 valence electrons. The molecule has 0 aliphatic rings. The average molecular weight is 353 g/mol. The van der Waals surface area contributed by atoms with Crippen molar-refractivity contribution in [3.8, 4) is 11.8 Å². The quantitative estimate of drug-likeness (QED) is 0.272. The highest BCUT2D eigenvalue weighted by Crippen LogP contribution is 2.20. The number of rotatable bonds is 3. The summed E-state index contributed by atoms with van der Waals surface area (Å²) in [4.78, 5) is 18.6. The molecule has 0 saturated heterocycles. The smallest absolute Gasteiger partial charge is 0.258 e. The standard InChI is InChI=1S/C22H15N3O2/c1-17-7-14-22(19(15-17)9-8-18-5-3-2-4-6-18)24-16-23-20-10-12-21(13-11-20)25(26)27/h2-7,10-15H,1H3. The molecule has 0 unspecified atom stereocenters. The fraction of sp³-hybridized carbons (Fsp3) is 0.0455. The number of aryl methyl sites for hydroxylation is 1. The minimum Gasteiger partial charge on any atom is -0.258 e. The molecule has 0 aliphatic carbocycles. The van der Waals surface area contributed by atoms with E-state index in [1.807, 2.05) is 55.5 Å². The summed E-state index contributed by atoms with van der Waals surface area (Å²) in [6, 6.07) is 24.0. The Hall–Kier alpha value is -4.00. The second kappa shape index (κ2) is 8.39. The second-order valence-electron chi connectivity index (χ2n) is 5.73. The van der Waals surface area contributed by atoms with Crippen molar-refractivity contribution >= 4 is 23.1 Å². The van der Waals surface area contributed by atoms with Crippen molar-refractivity contribution in [2.24, 2.45) is 9.98 Å². The minimum atomic E-state index is -0.453.